The molecule has 2 rings (SSSR count). The topological polar surface area (TPSA) is 43.3 Å². The maximum absolute atomic E-state index is 12.8. The Morgan fingerprint density at radius 1 is 1.23 bits per heavy atom. The second-order valence-corrected chi connectivity index (χ2v) is 6.60. The van der Waals surface area contributed by atoms with Gasteiger partial charge in [0.05, 0.1) is 11.6 Å². The minimum atomic E-state index is -2.91. The molecule has 4 nitrogen and oxygen atoms in total. The molecule has 1 unspecified atom stereocenters. The smallest absolute Gasteiger partial charge is 0.387 e. The van der Waals surface area contributed by atoms with Gasteiger partial charge in [0.15, 0.2) is 0 Å². The van der Waals surface area contributed by atoms with E-state index in [0.29, 0.717) is 17.5 Å². The van der Waals surface area contributed by atoms with E-state index in [-0.39, 0.29) is 17.7 Å². The Bertz CT molecular complexity index is 769. The summed E-state index contributed by atoms with van der Waals surface area (Å²) in [6.45, 7) is 6.99. The minimum absolute atomic E-state index is 0.0855. The molecule has 0 bridgehead atoms. The van der Waals surface area contributed by atoms with Gasteiger partial charge in [-0.05, 0) is 46.2 Å². The quantitative estimate of drug-likeness (QED) is 0.737. The summed E-state index contributed by atoms with van der Waals surface area (Å²) in [5, 5.41) is 2.96. The van der Waals surface area contributed by atoms with Crippen LogP contribution in [0.5, 0.6) is 5.75 Å². The average Bonchev–Trinajstić information content (AvgIpc) is 2.87. The second-order valence-electron chi connectivity index (χ2n) is 6.60. The lowest BCUT2D eigenvalue weighted by Gasteiger charge is -2.21. The van der Waals surface area contributed by atoms with Crippen molar-refractivity contribution in [1.82, 2.24) is 9.88 Å². The van der Waals surface area contributed by atoms with Gasteiger partial charge < -0.3 is 14.6 Å². The molecule has 0 spiro atoms. The van der Waals surface area contributed by atoms with Gasteiger partial charge in [-0.3, -0.25) is 4.79 Å². The number of hydrogen-bond donors (Lipinski definition) is 1. The highest BCUT2D eigenvalue weighted by molar-refractivity contribution is 5.96. The fourth-order valence-electron chi connectivity index (χ4n) is 3.41. The number of para-hydroxylation sites is 1. The predicted octanol–water partition coefficient (Wildman–Crippen LogP) is 5.17. The molecule has 0 fully saturated rings. The summed E-state index contributed by atoms with van der Waals surface area (Å²) in [7, 11) is 0. The van der Waals surface area contributed by atoms with Crippen LogP contribution in [0.25, 0.3) is 0 Å². The van der Waals surface area contributed by atoms with Crippen LogP contribution in [0.3, 0.4) is 0 Å². The summed E-state index contributed by atoms with van der Waals surface area (Å²) in [4.78, 5) is 12.8. The first-order valence-corrected chi connectivity index (χ1v) is 8.79. The Hall–Kier alpha value is -2.37. The molecule has 2 aromatic rings. The van der Waals surface area contributed by atoms with E-state index in [1.165, 1.54) is 6.07 Å². The Kier molecular flexibility index (Phi) is 6.40. The number of amides is 1. The Morgan fingerprint density at radius 2 is 1.88 bits per heavy atom. The van der Waals surface area contributed by atoms with Crippen LogP contribution in [-0.2, 0) is 0 Å². The van der Waals surface area contributed by atoms with Crippen LogP contribution >= 0.6 is 0 Å². The van der Waals surface area contributed by atoms with Crippen molar-refractivity contribution < 1.29 is 18.3 Å². The largest absolute Gasteiger partial charge is 0.434 e. The maximum Gasteiger partial charge on any atom is 0.387 e. The first-order chi connectivity index (χ1) is 12.3. The van der Waals surface area contributed by atoms with Gasteiger partial charge in [-0.2, -0.15) is 8.78 Å². The number of aryl methyl sites for hydroxylation is 1. The molecule has 26 heavy (non-hydrogen) atoms. The standard InChI is InChI=1S/C20H26F2N2O2/c1-6-17(15-9-7-8-10-18(15)26-20(21)22)23-19(25)16-11-13(4)24(12(2)3)14(16)5/h7-12,17,20H,6H2,1-5H3,(H,23,25). The van der Waals surface area contributed by atoms with E-state index in [1.807, 2.05) is 26.8 Å². The van der Waals surface area contributed by atoms with Gasteiger partial charge in [0, 0.05) is 23.0 Å². The molecule has 142 valence electrons. The summed E-state index contributed by atoms with van der Waals surface area (Å²) < 4.78 is 32.0. The molecule has 0 aliphatic heterocycles. The van der Waals surface area contributed by atoms with Crippen LogP contribution in [0.15, 0.2) is 30.3 Å². The SMILES string of the molecule is CCC(NC(=O)c1cc(C)n(C(C)C)c1C)c1ccccc1OC(F)F. The fourth-order valence-corrected chi connectivity index (χ4v) is 3.41. The number of halogens is 2. The maximum atomic E-state index is 12.8. The van der Waals surface area contributed by atoms with Crippen LogP contribution in [0.1, 0.15) is 66.6 Å². The van der Waals surface area contributed by atoms with Crippen LogP contribution in [0.2, 0.25) is 0 Å². The average molecular weight is 364 g/mol. The zero-order chi connectivity index (χ0) is 19.4. The van der Waals surface area contributed by atoms with E-state index in [1.54, 1.807) is 18.2 Å². The molecule has 6 heteroatoms. The van der Waals surface area contributed by atoms with E-state index in [9.17, 15) is 13.6 Å². The minimum Gasteiger partial charge on any atom is -0.434 e. The monoisotopic (exact) mass is 364 g/mol. The third kappa shape index (κ3) is 4.23. The van der Waals surface area contributed by atoms with Crippen LogP contribution < -0.4 is 10.1 Å². The Balaban J connectivity index is 2.29. The number of carbonyl (C=O) groups is 1. The second kappa shape index (κ2) is 8.34. The van der Waals surface area contributed by atoms with Crippen molar-refractivity contribution in [2.24, 2.45) is 0 Å². The molecule has 0 aliphatic rings. The fraction of sp³-hybridized carbons (Fsp3) is 0.450. The van der Waals surface area contributed by atoms with Crippen LogP contribution in [0.4, 0.5) is 8.78 Å². The van der Waals surface area contributed by atoms with Gasteiger partial charge in [-0.15, -0.1) is 0 Å². The molecule has 0 radical (unpaired) electrons. The number of benzene rings is 1. The molecule has 1 N–H and O–H groups in total. The molecule has 1 atom stereocenters. The number of carbonyl (C=O) groups excluding carboxylic acids is 1. The third-order valence-electron chi connectivity index (χ3n) is 4.47. The molecular weight excluding hydrogens is 338 g/mol. The highest BCUT2D eigenvalue weighted by atomic mass is 19.3. The lowest BCUT2D eigenvalue weighted by Crippen LogP contribution is -2.29. The van der Waals surface area contributed by atoms with Crippen molar-refractivity contribution in [2.45, 2.75) is 59.7 Å². The molecule has 0 saturated carbocycles. The van der Waals surface area contributed by atoms with Gasteiger partial charge in [0.25, 0.3) is 5.91 Å². The first-order valence-electron chi connectivity index (χ1n) is 8.79. The summed E-state index contributed by atoms with van der Waals surface area (Å²) >= 11 is 0. The van der Waals surface area contributed by atoms with Crippen molar-refractivity contribution in [3.8, 4) is 5.75 Å². The Labute approximate surface area is 153 Å². The molecule has 0 saturated heterocycles. The lowest BCUT2D eigenvalue weighted by atomic mass is 10.0. The van der Waals surface area contributed by atoms with E-state index in [4.69, 9.17) is 0 Å². The third-order valence-corrected chi connectivity index (χ3v) is 4.47. The molecule has 1 amide bonds. The van der Waals surface area contributed by atoms with Crippen LogP contribution in [-0.4, -0.2) is 17.1 Å². The number of nitrogens with one attached hydrogen (secondary N) is 1. The summed E-state index contributed by atoms with van der Waals surface area (Å²) in [5.41, 5.74) is 3.04. The molecule has 1 heterocycles. The molecule has 0 aliphatic carbocycles. The number of aromatic nitrogens is 1. The molecular formula is C20H26F2N2O2. The van der Waals surface area contributed by atoms with Gasteiger partial charge in [-0.1, -0.05) is 25.1 Å². The first kappa shape index (κ1) is 19.9. The van der Waals surface area contributed by atoms with E-state index in [2.05, 4.69) is 28.5 Å². The predicted molar refractivity (Wildman–Crippen MR) is 97.9 cm³/mol. The van der Waals surface area contributed by atoms with E-state index < -0.39 is 12.7 Å². The zero-order valence-electron chi connectivity index (χ0n) is 15.8. The summed E-state index contributed by atoms with van der Waals surface area (Å²) in [5.74, 6) is -0.133. The van der Waals surface area contributed by atoms with Crippen molar-refractivity contribution >= 4 is 5.91 Å². The van der Waals surface area contributed by atoms with Crippen LogP contribution in [0, 0.1) is 13.8 Å². The van der Waals surface area contributed by atoms with Gasteiger partial charge in [0.1, 0.15) is 5.75 Å². The number of alkyl halides is 2. The van der Waals surface area contributed by atoms with Gasteiger partial charge in [-0.25, -0.2) is 0 Å². The highest BCUT2D eigenvalue weighted by Gasteiger charge is 2.22. The van der Waals surface area contributed by atoms with Crippen molar-refractivity contribution in [1.29, 1.82) is 0 Å². The zero-order valence-corrected chi connectivity index (χ0v) is 15.8. The van der Waals surface area contributed by atoms with E-state index >= 15 is 0 Å². The van der Waals surface area contributed by atoms with Crippen molar-refractivity contribution in [2.75, 3.05) is 0 Å². The molecule has 1 aromatic heterocycles. The number of hydrogen-bond acceptors (Lipinski definition) is 2. The number of nitrogens with zero attached hydrogens (tertiary/aromatic N) is 1. The number of ether oxygens (including phenoxy) is 1. The Morgan fingerprint density at radius 3 is 2.42 bits per heavy atom. The molecule has 1 aromatic carbocycles. The van der Waals surface area contributed by atoms with Crippen molar-refractivity contribution in [3.63, 3.8) is 0 Å². The number of rotatable bonds is 7. The van der Waals surface area contributed by atoms with Gasteiger partial charge >= 0.3 is 6.61 Å². The lowest BCUT2D eigenvalue weighted by molar-refractivity contribution is -0.0506. The van der Waals surface area contributed by atoms with Gasteiger partial charge in [0.2, 0.25) is 0 Å². The highest BCUT2D eigenvalue weighted by Crippen LogP contribution is 2.29. The van der Waals surface area contributed by atoms with Crippen molar-refractivity contribution in [3.05, 3.63) is 52.8 Å². The summed E-state index contributed by atoms with van der Waals surface area (Å²) in [6.07, 6.45) is 0.554. The normalized spacial score (nSPS) is 12.5. The summed E-state index contributed by atoms with van der Waals surface area (Å²) in [6, 6.07) is 8.25. The van der Waals surface area contributed by atoms with E-state index in [0.717, 1.165) is 11.4 Å².